The fourth-order valence-corrected chi connectivity index (χ4v) is 9.38. The molecule has 1 heterocycles. The Kier molecular flexibility index (Phi) is 27.2. The molecule has 0 aromatic heterocycles. The fourth-order valence-electron chi connectivity index (χ4n) is 7.12. The summed E-state index contributed by atoms with van der Waals surface area (Å²) in [6.07, 6.45) is 33.5. The molecular formula is C50H82N2Pd. The number of unbranched alkanes of at least 4 members (excludes halogenated alkanes) is 13. The number of nitrogens with zero attached hydrogens (tertiary/aromatic N) is 2. The molecule has 0 bridgehead atoms. The quantitative estimate of drug-likeness (QED) is 0.0444. The zero-order chi connectivity index (χ0) is 38.5. The number of benzene rings is 2. The topological polar surface area (TPSA) is 25.3 Å². The molecule has 0 atom stereocenters. The van der Waals surface area contributed by atoms with Crippen molar-refractivity contribution in [1.82, 2.24) is 0 Å². The zero-order valence-corrected chi connectivity index (χ0v) is 37.4. The van der Waals surface area contributed by atoms with Crippen LogP contribution >= 0.6 is 0 Å². The van der Waals surface area contributed by atoms with Gasteiger partial charge in [-0.25, -0.2) is 4.70 Å². The first-order valence-electron chi connectivity index (χ1n) is 22.6. The van der Waals surface area contributed by atoms with Crippen molar-refractivity contribution in [2.45, 2.75) is 219 Å². The average Bonchev–Trinajstić information content (AvgIpc) is 3.50. The normalized spacial score (nSPS) is 12.8. The molecule has 53 heavy (non-hydrogen) atoms. The van der Waals surface area contributed by atoms with E-state index in [0.717, 1.165) is 61.5 Å². The van der Waals surface area contributed by atoms with Gasteiger partial charge in [0, 0.05) is 22.8 Å². The molecule has 0 fully saturated rings. The summed E-state index contributed by atoms with van der Waals surface area (Å²) >= 11 is 1.07. The SMILES string of the molecule is CCCCCCCCC1=C(c2cc(CCCC)cc(CCCCC)c2)[N+](=[N-])C(c2cc(CCCC)cc(CCCCC)c2)=C1.CCC[CH2][Pd][CH2]CCC. The molecule has 3 heteroatoms. The van der Waals surface area contributed by atoms with Crippen molar-refractivity contribution < 1.29 is 22.7 Å². The zero-order valence-electron chi connectivity index (χ0n) is 35.8. The van der Waals surface area contributed by atoms with E-state index in [9.17, 15) is 5.53 Å². The Labute approximate surface area is 338 Å². The molecule has 0 N–H and O–H groups in total. The minimum absolute atomic E-state index is 0.961. The molecule has 0 saturated carbocycles. The molecule has 2 nitrogen and oxygen atoms in total. The van der Waals surface area contributed by atoms with Gasteiger partial charge in [0.05, 0.1) is 0 Å². The van der Waals surface area contributed by atoms with Gasteiger partial charge in [-0.3, -0.25) is 0 Å². The van der Waals surface area contributed by atoms with E-state index in [-0.39, 0.29) is 0 Å². The average molecular weight is 818 g/mol. The van der Waals surface area contributed by atoms with Gasteiger partial charge in [-0.2, -0.15) is 0 Å². The molecule has 1 aliphatic rings. The maximum atomic E-state index is 12.0. The molecule has 0 amide bonds. The third-order valence-electron chi connectivity index (χ3n) is 10.5. The monoisotopic (exact) mass is 817 g/mol. The fraction of sp³-hybridized carbons (Fsp3) is 0.680. The van der Waals surface area contributed by atoms with Crippen molar-refractivity contribution >= 4 is 11.4 Å². The van der Waals surface area contributed by atoms with E-state index in [1.807, 2.05) is 0 Å². The molecule has 0 saturated heterocycles. The molecule has 0 radical (unpaired) electrons. The van der Waals surface area contributed by atoms with Crippen molar-refractivity contribution in [3.05, 3.63) is 87.0 Å². The standard InChI is InChI=1S/C42H64N2.2C4H9.Pd/c1-6-11-16-17-18-21-26-38-33-41(39-29-34(22-14-9-4)27-36(30-39)24-19-12-7-2)44(43)42(38)40-31-35(23-15-10-5)28-37(32-40)25-20-13-8-3;2*1-3-4-2;/h27-33H,6-26H2,1-5H3;2*1,3-4H2,2H3;. The third kappa shape index (κ3) is 19.1. The van der Waals surface area contributed by atoms with Gasteiger partial charge in [-0.05, 0) is 111 Å². The summed E-state index contributed by atoms with van der Waals surface area (Å²) in [5.74, 6) is 0. The van der Waals surface area contributed by atoms with E-state index < -0.39 is 0 Å². The number of hydrogen-bond acceptors (Lipinski definition) is 0. The summed E-state index contributed by atoms with van der Waals surface area (Å²) in [5.41, 5.74) is 23.4. The van der Waals surface area contributed by atoms with E-state index in [1.165, 1.54) is 177 Å². The number of rotatable bonds is 29. The number of allylic oxidation sites excluding steroid dienone is 2. The van der Waals surface area contributed by atoms with Gasteiger partial charge in [0.2, 0.25) is 11.4 Å². The second-order valence-corrected chi connectivity index (χ2v) is 17.9. The van der Waals surface area contributed by atoms with Gasteiger partial charge in [0.15, 0.2) is 0 Å². The summed E-state index contributed by atoms with van der Waals surface area (Å²) in [4.78, 5) is 3.01. The summed E-state index contributed by atoms with van der Waals surface area (Å²) in [5, 5.41) is 0. The van der Waals surface area contributed by atoms with Crippen LogP contribution < -0.4 is 0 Å². The first-order chi connectivity index (χ1) is 26.0. The maximum absolute atomic E-state index is 12.0. The first-order valence-corrected chi connectivity index (χ1v) is 24.8. The Morgan fingerprint density at radius 1 is 0.415 bits per heavy atom. The predicted molar refractivity (Wildman–Crippen MR) is 233 cm³/mol. The summed E-state index contributed by atoms with van der Waals surface area (Å²) in [6, 6.07) is 14.3. The molecule has 0 aliphatic carbocycles. The van der Waals surface area contributed by atoms with Crippen LogP contribution in [0.4, 0.5) is 0 Å². The van der Waals surface area contributed by atoms with E-state index in [2.05, 4.69) is 90.9 Å². The van der Waals surface area contributed by atoms with Gasteiger partial charge < -0.3 is 5.53 Å². The molecule has 0 unspecified atom stereocenters. The second-order valence-electron chi connectivity index (χ2n) is 15.6. The Hall–Kier alpha value is -1.82. The predicted octanol–water partition coefficient (Wildman–Crippen LogP) is 16.9. The Balaban J connectivity index is 0.000000953. The van der Waals surface area contributed by atoms with Gasteiger partial charge in [-0.1, -0.05) is 117 Å². The molecule has 2 aromatic rings. The van der Waals surface area contributed by atoms with Crippen LogP contribution in [0, 0.1) is 0 Å². The number of aryl methyl sites for hydroxylation is 4. The first kappa shape index (κ1) is 47.3. The number of hydrogen-bond donors (Lipinski definition) is 0. The third-order valence-corrected chi connectivity index (χ3v) is 12.7. The molecule has 2 aromatic carbocycles. The van der Waals surface area contributed by atoms with Crippen molar-refractivity contribution in [2.24, 2.45) is 0 Å². The Morgan fingerprint density at radius 2 is 0.792 bits per heavy atom. The minimum atomic E-state index is 0.961. The molecule has 0 spiro atoms. The van der Waals surface area contributed by atoms with Gasteiger partial charge in [0.25, 0.3) is 0 Å². The van der Waals surface area contributed by atoms with E-state index in [1.54, 1.807) is 4.70 Å². The van der Waals surface area contributed by atoms with E-state index in [0.29, 0.717) is 0 Å². The van der Waals surface area contributed by atoms with Crippen LogP contribution in [0.1, 0.15) is 217 Å². The molecule has 1 aliphatic heterocycles. The van der Waals surface area contributed by atoms with E-state index >= 15 is 0 Å². The van der Waals surface area contributed by atoms with Crippen molar-refractivity contribution in [3.63, 3.8) is 0 Å². The molecule has 3 rings (SSSR count). The van der Waals surface area contributed by atoms with Crippen LogP contribution in [0.3, 0.4) is 0 Å². The van der Waals surface area contributed by atoms with Gasteiger partial charge >= 0.3 is 67.3 Å². The molecular weight excluding hydrogens is 735 g/mol. The van der Waals surface area contributed by atoms with Gasteiger partial charge in [0.1, 0.15) is 0 Å². The van der Waals surface area contributed by atoms with Crippen LogP contribution in [0.5, 0.6) is 0 Å². The van der Waals surface area contributed by atoms with Crippen LogP contribution in [-0.2, 0) is 43.7 Å². The van der Waals surface area contributed by atoms with Gasteiger partial charge in [-0.15, -0.1) is 0 Å². The van der Waals surface area contributed by atoms with E-state index in [4.69, 9.17) is 0 Å². The van der Waals surface area contributed by atoms with Crippen molar-refractivity contribution in [3.8, 4) is 0 Å². The summed E-state index contributed by atoms with van der Waals surface area (Å²) < 4.78 is 1.57. The Morgan fingerprint density at radius 3 is 1.26 bits per heavy atom. The van der Waals surface area contributed by atoms with Crippen molar-refractivity contribution in [2.75, 3.05) is 0 Å². The van der Waals surface area contributed by atoms with Crippen LogP contribution in [0.2, 0.25) is 9.79 Å². The van der Waals surface area contributed by atoms with Crippen LogP contribution in [0.15, 0.2) is 48.0 Å². The van der Waals surface area contributed by atoms with Crippen LogP contribution in [-0.4, -0.2) is 4.70 Å². The summed E-state index contributed by atoms with van der Waals surface area (Å²) in [6.45, 7) is 15.9. The van der Waals surface area contributed by atoms with Crippen molar-refractivity contribution in [1.29, 1.82) is 0 Å². The summed E-state index contributed by atoms with van der Waals surface area (Å²) in [7, 11) is 0. The molecule has 302 valence electrons. The Bertz CT molecular complexity index is 1330. The van der Waals surface area contributed by atoms with Crippen LogP contribution in [0.25, 0.3) is 16.9 Å². The second kappa shape index (κ2) is 30.4.